The van der Waals surface area contributed by atoms with Gasteiger partial charge >= 0.3 is 6.18 Å². The van der Waals surface area contributed by atoms with Crippen molar-refractivity contribution in [1.82, 2.24) is 10.3 Å². The highest BCUT2D eigenvalue weighted by Gasteiger charge is 2.51. The molecule has 0 aliphatic heterocycles. The highest BCUT2D eigenvalue weighted by atomic mass is 19.4. The van der Waals surface area contributed by atoms with Crippen LogP contribution in [0.3, 0.4) is 0 Å². The van der Waals surface area contributed by atoms with Crippen LogP contribution in [0, 0.1) is 0 Å². The summed E-state index contributed by atoms with van der Waals surface area (Å²) in [5.41, 5.74) is -0.276. The van der Waals surface area contributed by atoms with Crippen molar-refractivity contribution in [3.05, 3.63) is 65.5 Å². The molecular weight excluding hydrogens is 305 g/mol. The Bertz CT molecular complexity index is 709. The predicted octanol–water partition coefficient (Wildman–Crippen LogP) is 3.45. The maximum atomic E-state index is 12.8. The van der Waals surface area contributed by atoms with E-state index in [9.17, 15) is 18.0 Å². The number of aromatic nitrogens is 1. The molecular formula is C17H15F3N2O. The first-order valence-corrected chi connectivity index (χ1v) is 7.27. The average molecular weight is 320 g/mol. The van der Waals surface area contributed by atoms with Gasteiger partial charge in [-0.25, -0.2) is 0 Å². The van der Waals surface area contributed by atoms with Gasteiger partial charge in [0.2, 0.25) is 5.91 Å². The number of carbonyl (C=O) groups excluding carboxylic acids is 1. The third kappa shape index (κ3) is 3.21. The van der Waals surface area contributed by atoms with Crippen LogP contribution in [-0.2, 0) is 22.9 Å². The van der Waals surface area contributed by atoms with Crippen LogP contribution >= 0.6 is 0 Å². The van der Waals surface area contributed by atoms with E-state index in [1.54, 1.807) is 24.5 Å². The van der Waals surface area contributed by atoms with Crippen LogP contribution in [0.25, 0.3) is 0 Å². The minimum Gasteiger partial charge on any atom is -0.351 e. The van der Waals surface area contributed by atoms with Crippen LogP contribution in [0.2, 0.25) is 0 Å². The molecule has 0 radical (unpaired) electrons. The van der Waals surface area contributed by atoms with E-state index in [4.69, 9.17) is 0 Å². The Hall–Kier alpha value is -2.37. The van der Waals surface area contributed by atoms with E-state index in [-0.39, 0.29) is 5.91 Å². The third-order valence-corrected chi connectivity index (χ3v) is 4.10. The number of pyridine rings is 1. The normalized spacial score (nSPS) is 16.0. The Labute approximate surface area is 131 Å². The molecule has 23 heavy (non-hydrogen) atoms. The molecule has 3 nitrogen and oxygen atoms in total. The quantitative estimate of drug-likeness (QED) is 0.937. The van der Waals surface area contributed by atoms with Gasteiger partial charge in [0.1, 0.15) is 0 Å². The molecule has 1 fully saturated rings. The van der Waals surface area contributed by atoms with Crippen LogP contribution < -0.4 is 5.32 Å². The monoisotopic (exact) mass is 320 g/mol. The van der Waals surface area contributed by atoms with Crippen molar-refractivity contribution >= 4 is 5.91 Å². The molecule has 6 heteroatoms. The summed E-state index contributed by atoms with van der Waals surface area (Å²) in [5.74, 6) is -0.235. The van der Waals surface area contributed by atoms with E-state index in [0.29, 0.717) is 24.9 Å². The van der Waals surface area contributed by atoms with Crippen molar-refractivity contribution in [3.8, 4) is 0 Å². The molecule has 1 N–H and O–H groups in total. The zero-order valence-electron chi connectivity index (χ0n) is 12.2. The van der Waals surface area contributed by atoms with E-state index < -0.39 is 17.2 Å². The lowest BCUT2D eigenvalue weighted by Crippen LogP contribution is -2.34. The number of rotatable bonds is 4. The molecule has 0 spiro atoms. The molecule has 1 aromatic carbocycles. The molecule has 1 aliphatic rings. The number of hydrogen-bond donors (Lipinski definition) is 1. The van der Waals surface area contributed by atoms with Crippen molar-refractivity contribution in [2.75, 3.05) is 0 Å². The number of benzene rings is 1. The summed E-state index contributed by atoms with van der Waals surface area (Å²) in [6.07, 6.45) is -0.000887. The van der Waals surface area contributed by atoms with Gasteiger partial charge < -0.3 is 5.32 Å². The van der Waals surface area contributed by atoms with E-state index in [1.165, 1.54) is 6.07 Å². The topological polar surface area (TPSA) is 42.0 Å². The number of alkyl halides is 3. The number of nitrogens with zero attached hydrogens (tertiary/aromatic N) is 1. The van der Waals surface area contributed by atoms with Gasteiger partial charge in [0.05, 0.1) is 11.0 Å². The highest BCUT2D eigenvalue weighted by molar-refractivity contribution is 5.91. The number of hydrogen-bond acceptors (Lipinski definition) is 2. The first-order valence-electron chi connectivity index (χ1n) is 7.27. The van der Waals surface area contributed by atoms with Gasteiger partial charge in [-0.15, -0.1) is 0 Å². The molecule has 2 aromatic rings. The Morgan fingerprint density at radius 1 is 1.22 bits per heavy atom. The smallest absolute Gasteiger partial charge is 0.351 e. The SMILES string of the molecule is O=C(NCc1cccnc1)C1(c2cccc(C(F)(F)F)c2)CC1. The van der Waals surface area contributed by atoms with Crippen LogP contribution in [-0.4, -0.2) is 10.9 Å². The summed E-state index contributed by atoms with van der Waals surface area (Å²) in [5, 5.41) is 2.80. The van der Waals surface area contributed by atoms with Gasteiger partial charge in [-0.2, -0.15) is 13.2 Å². The van der Waals surface area contributed by atoms with Crippen molar-refractivity contribution in [3.63, 3.8) is 0 Å². The minimum absolute atomic E-state index is 0.235. The van der Waals surface area contributed by atoms with Gasteiger partial charge in [-0.05, 0) is 36.1 Å². The molecule has 3 rings (SSSR count). The largest absolute Gasteiger partial charge is 0.416 e. The molecule has 120 valence electrons. The van der Waals surface area contributed by atoms with E-state index in [2.05, 4.69) is 10.3 Å². The molecule has 1 aliphatic carbocycles. The van der Waals surface area contributed by atoms with Crippen molar-refractivity contribution in [2.24, 2.45) is 0 Å². The number of carbonyl (C=O) groups is 1. The van der Waals surface area contributed by atoms with Gasteiger partial charge in [-0.1, -0.05) is 24.3 Å². The maximum Gasteiger partial charge on any atom is 0.416 e. The van der Waals surface area contributed by atoms with E-state index in [0.717, 1.165) is 17.7 Å². The lowest BCUT2D eigenvalue weighted by Gasteiger charge is -2.17. The van der Waals surface area contributed by atoms with E-state index in [1.807, 2.05) is 6.07 Å². The highest BCUT2D eigenvalue weighted by Crippen LogP contribution is 2.49. The fraction of sp³-hybridized carbons (Fsp3) is 0.294. The van der Waals surface area contributed by atoms with Gasteiger partial charge in [0.15, 0.2) is 0 Å². The minimum atomic E-state index is -4.40. The molecule has 0 unspecified atom stereocenters. The molecule has 1 saturated carbocycles. The molecule has 0 saturated heterocycles. The van der Waals surface area contributed by atoms with E-state index >= 15 is 0 Å². The number of amides is 1. The zero-order chi connectivity index (χ0) is 16.5. The molecule has 1 heterocycles. The van der Waals surface area contributed by atoms with Crippen LogP contribution in [0.4, 0.5) is 13.2 Å². The Balaban J connectivity index is 1.75. The molecule has 0 atom stereocenters. The summed E-state index contributed by atoms with van der Waals surface area (Å²) < 4.78 is 38.5. The summed E-state index contributed by atoms with van der Waals surface area (Å²) in [7, 11) is 0. The number of halogens is 3. The second kappa shape index (κ2) is 5.68. The summed E-state index contributed by atoms with van der Waals surface area (Å²) in [6.45, 7) is 0.313. The first kappa shape index (κ1) is 15.5. The second-order valence-electron chi connectivity index (χ2n) is 5.70. The Morgan fingerprint density at radius 2 is 2.00 bits per heavy atom. The first-order chi connectivity index (χ1) is 10.9. The fourth-order valence-electron chi connectivity index (χ4n) is 2.62. The summed E-state index contributed by atoms with van der Waals surface area (Å²) in [6, 6.07) is 8.64. The van der Waals surface area contributed by atoms with Crippen LogP contribution in [0.5, 0.6) is 0 Å². The molecule has 0 bridgehead atoms. The zero-order valence-corrected chi connectivity index (χ0v) is 12.2. The van der Waals surface area contributed by atoms with Crippen molar-refractivity contribution in [2.45, 2.75) is 31.0 Å². The average Bonchev–Trinajstić information content (AvgIpc) is 3.35. The standard InChI is InChI=1S/C17H15F3N2O/c18-17(19,20)14-5-1-4-13(9-14)16(6-7-16)15(23)22-11-12-3-2-8-21-10-12/h1-5,8-10H,6-7,11H2,(H,22,23). The van der Waals surface area contributed by atoms with Crippen molar-refractivity contribution < 1.29 is 18.0 Å². The van der Waals surface area contributed by atoms with Gasteiger partial charge in [0, 0.05) is 18.9 Å². The summed E-state index contributed by atoms with van der Waals surface area (Å²) in [4.78, 5) is 16.4. The van der Waals surface area contributed by atoms with Gasteiger partial charge in [0.25, 0.3) is 0 Å². The van der Waals surface area contributed by atoms with Crippen LogP contribution in [0.1, 0.15) is 29.5 Å². The fourth-order valence-corrected chi connectivity index (χ4v) is 2.62. The van der Waals surface area contributed by atoms with Crippen molar-refractivity contribution in [1.29, 1.82) is 0 Å². The lowest BCUT2D eigenvalue weighted by molar-refractivity contribution is -0.137. The Kier molecular flexibility index (Phi) is 3.83. The lowest BCUT2D eigenvalue weighted by atomic mass is 9.93. The Morgan fingerprint density at radius 3 is 2.61 bits per heavy atom. The molecule has 1 aromatic heterocycles. The van der Waals surface area contributed by atoms with Crippen LogP contribution in [0.15, 0.2) is 48.8 Å². The molecule has 1 amide bonds. The second-order valence-corrected chi connectivity index (χ2v) is 5.70. The maximum absolute atomic E-state index is 12.8. The third-order valence-electron chi connectivity index (χ3n) is 4.10. The number of nitrogens with one attached hydrogen (secondary N) is 1. The predicted molar refractivity (Wildman–Crippen MR) is 78.4 cm³/mol. The van der Waals surface area contributed by atoms with Gasteiger partial charge in [-0.3, -0.25) is 9.78 Å². The summed E-state index contributed by atoms with van der Waals surface area (Å²) >= 11 is 0.